The minimum atomic E-state index is -1.54. The highest BCUT2D eigenvalue weighted by Crippen LogP contribution is 2.59. The Labute approximate surface area is 175 Å². The van der Waals surface area contributed by atoms with Gasteiger partial charge < -0.3 is 14.8 Å². The average Bonchev–Trinajstić information content (AvgIpc) is 3.20. The van der Waals surface area contributed by atoms with Crippen molar-refractivity contribution in [1.29, 1.82) is 0 Å². The molecule has 1 aliphatic rings. The summed E-state index contributed by atoms with van der Waals surface area (Å²) in [7, 11) is 0. The molecule has 1 fully saturated rings. The third-order valence-corrected chi connectivity index (χ3v) is 4.97. The van der Waals surface area contributed by atoms with E-state index >= 15 is 0 Å². The van der Waals surface area contributed by atoms with Gasteiger partial charge >= 0.3 is 12.1 Å². The van der Waals surface area contributed by atoms with Crippen LogP contribution >= 0.6 is 0 Å². The van der Waals surface area contributed by atoms with Crippen LogP contribution in [0, 0.1) is 0 Å². The van der Waals surface area contributed by atoms with Gasteiger partial charge in [0.1, 0.15) is 11.2 Å². The Bertz CT molecular complexity index is 783. The van der Waals surface area contributed by atoms with Gasteiger partial charge in [-0.25, -0.2) is 13.8 Å². The first-order chi connectivity index (χ1) is 13.2. The lowest BCUT2D eigenvalue weighted by molar-refractivity contribution is -0.159. The van der Waals surface area contributed by atoms with Crippen molar-refractivity contribution >= 4 is 23.1 Å². The number of esters is 1. The Kier molecular flexibility index (Phi) is 6.49. The fourth-order valence-corrected chi connectivity index (χ4v) is 3.65. The van der Waals surface area contributed by atoms with Crippen LogP contribution in [-0.2, 0) is 34.9 Å². The normalized spacial score (nSPS) is 25.1. The first-order valence-electron chi connectivity index (χ1n) is 9.48. The van der Waals surface area contributed by atoms with Gasteiger partial charge in [-0.1, -0.05) is 30.3 Å². The van der Waals surface area contributed by atoms with Crippen LogP contribution in [0.4, 0.5) is 4.79 Å². The van der Waals surface area contributed by atoms with Crippen LogP contribution in [0.2, 0.25) is 0 Å². The van der Waals surface area contributed by atoms with Crippen LogP contribution in [0.15, 0.2) is 30.3 Å². The van der Waals surface area contributed by atoms with E-state index < -0.39 is 45.3 Å². The molecule has 0 radical (unpaired) electrons. The molecule has 7 nitrogen and oxygen atoms in total. The molecule has 0 aromatic heterocycles. The van der Waals surface area contributed by atoms with Crippen molar-refractivity contribution in [2.75, 3.05) is 12.9 Å². The first-order valence-corrected chi connectivity index (χ1v) is 11.0. The number of carbonyl (C=O) groups excluding carboxylic acids is 2. The van der Waals surface area contributed by atoms with Crippen molar-refractivity contribution in [2.24, 2.45) is 0 Å². The summed E-state index contributed by atoms with van der Waals surface area (Å²) < 4.78 is 28.1. The highest BCUT2D eigenvalue weighted by atomic mass is 32.2. The number of hydrogen-bond acceptors (Lipinski definition) is 6. The van der Waals surface area contributed by atoms with E-state index in [1.54, 1.807) is 41.5 Å². The smallest absolute Gasteiger partial charge is 0.408 e. The van der Waals surface area contributed by atoms with Crippen LogP contribution in [0.3, 0.4) is 0 Å². The van der Waals surface area contributed by atoms with E-state index in [0.29, 0.717) is 0 Å². The zero-order chi connectivity index (χ0) is 22.1. The number of nitrogens with one attached hydrogen (secondary N) is 1. The topological polar surface area (TPSA) is 90.9 Å². The Hall–Kier alpha value is -1.93. The van der Waals surface area contributed by atoms with E-state index in [4.69, 9.17) is 13.7 Å². The molecule has 1 N–H and O–H groups in total. The molecule has 1 saturated carbocycles. The van der Waals surface area contributed by atoms with E-state index in [2.05, 4.69) is 5.32 Å². The summed E-state index contributed by atoms with van der Waals surface area (Å²) in [6.45, 7) is 10.5. The molecule has 0 aliphatic heterocycles. The zero-order valence-corrected chi connectivity index (χ0v) is 19.0. The highest BCUT2D eigenvalue weighted by Gasteiger charge is 2.75. The van der Waals surface area contributed by atoms with Gasteiger partial charge in [0.15, 0.2) is 16.6 Å². The fourth-order valence-electron chi connectivity index (χ4n) is 3.28. The SMILES string of the molecule is CS(=O)OCC1(c2ccccc2)CC1(NC(=O)OC(C)(C)C)C(=O)OC(C)(C)C. The Balaban J connectivity index is 2.46. The van der Waals surface area contributed by atoms with E-state index in [1.165, 1.54) is 6.26 Å². The van der Waals surface area contributed by atoms with Crippen LogP contribution in [0.1, 0.15) is 53.5 Å². The number of alkyl carbamates (subject to hydrolysis) is 1. The molecule has 1 aliphatic carbocycles. The number of benzene rings is 1. The molecule has 1 aromatic rings. The molecule has 0 bridgehead atoms. The monoisotopic (exact) mass is 425 g/mol. The summed E-state index contributed by atoms with van der Waals surface area (Å²) in [5, 5.41) is 2.74. The lowest BCUT2D eigenvalue weighted by Gasteiger charge is -2.30. The van der Waals surface area contributed by atoms with Crippen molar-refractivity contribution < 1.29 is 27.5 Å². The van der Waals surface area contributed by atoms with E-state index in [0.717, 1.165) is 5.56 Å². The van der Waals surface area contributed by atoms with E-state index in [-0.39, 0.29) is 13.0 Å². The van der Waals surface area contributed by atoms with Gasteiger partial charge in [0.2, 0.25) is 0 Å². The van der Waals surface area contributed by atoms with Crippen LogP contribution in [0.5, 0.6) is 0 Å². The molecule has 0 heterocycles. The summed E-state index contributed by atoms with van der Waals surface area (Å²) in [6, 6.07) is 9.24. The van der Waals surface area contributed by atoms with Crippen molar-refractivity contribution in [3.8, 4) is 0 Å². The standard InChI is InChI=1S/C21H31NO6S/c1-18(2,3)27-16(23)21(22-17(24)28-19(4,5)6)13-20(21,14-26-29(7)25)15-11-9-8-10-12-15/h8-12H,13-14H2,1-7H3,(H,22,24). The number of hydrogen-bond donors (Lipinski definition) is 1. The van der Waals surface area contributed by atoms with Gasteiger partial charge in [-0.05, 0) is 53.5 Å². The predicted molar refractivity (Wildman–Crippen MR) is 111 cm³/mol. The van der Waals surface area contributed by atoms with E-state index in [1.807, 2.05) is 30.3 Å². The lowest BCUT2D eigenvalue weighted by Crippen LogP contribution is -2.53. The maximum atomic E-state index is 13.3. The number of carbonyl (C=O) groups is 2. The quantitative estimate of drug-likeness (QED) is 0.704. The van der Waals surface area contributed by atoms with Gasteiger partial charge in [0, 0.05) is 6.26 Å². The van der Waals surface area contributed by atoms with Crippen LogP contribution in [0.25, 0.3) is 0 Å². The minimum Gasteiger partial charge on any atom is -0.458 e. The average molecular weight is 426 g/mol. The van der Waals surface area contributed by atoms with Crippen molar-refractivity contribution in [3.63, 3.8) is 0 Å². The summed E-state index contributed by atoms with van der Waals surface area (Å²) >= 11 is -1.54. The second-order valence-electron chi connectivity index (χ2n) is 9.32. The number of rotatable bonds is 6. The highest BCUT2D eigenvalue weighted by molar-refractivity contribution is 7.79. The lowest BCUT2D eigenvalue weighted by atomic mass is 9.91. The molecule has 2 rings (SSSR count). The Morgan fingerprint density at radius 3 is 2.07 bits per heavy atom. The van der Waals surface area contributed by atoms with Crippen molar-refractivity contribution in [1.82, 2.24) is 5.32 Å². The third-order valence-electron chi connectivity index (χ3n) is 4.52. The summed E-state index contributed by atoms with van der Waals surface area (Å²) in [5.41, 5.74) is -3.00. The molecule has 0 saturated heterocycles. The maximum Gasteiger partial charge on any atom is 0.408 e. The number of amides is 1. The molecule has 29 heavy (non-hydrogen) atoms. The molecule has 0 spiro atoms. The largest absolute Gasteiger partial charge is 0.458 e. The second-order valence-corrected chi connectivity index (χ2v) is 10.4. The molecular formula is C21H31NO6S. The molecule has 162 valence electrons. The van der Waals surface area contributed by atoms with Crippen molar-refractivity contribution in [3.05, 3.63) is 35.9 Å². The van der Waals surface area contributed by atoms with Crippen molar-refractivity contribution in [2.45, 2.75) is 70.1 Å². The predicted octanol–water partition coefficient (Wildman–Crippen LogP) is 3.24. The maximum absolute atomic E-state index is 13.3. The van der Waals surface area contributed by atoms with Gasteiger partial charge in [-0.3, -0.25) is 4.18 Å². The fraction of sp³-hybridized carbons (Fsp3) is 0.619. The Morgan fingerprint density at radius 1 is 1.03 bits per heavy atom. The molecule has 1 aromatic carbocycles. The molecular weight excluding hydrogens is 394 g/mol. The summed E-state index contributed by atoms with van der Waals surface area (Å²) in [5.74, 6) is -0.579. The summed E-state index contributed by atoms with van der Waals surface area (Å²) in [4.78, 5) is 25.9. The molecule has 1 amide bonds. The Morgan fingerprint density at radius 2 is 1.59 bits per heavy atom. The zero-order valence-electron chi connectivity index (χ0n) is 18.2. The third kappa shape index (κ3) is 5.57. The van der Waals surface area contributed by atoms with Crippen LogP contribution in [-0.4, -0.2) is 45.9 Å². The molecule has 8 heteroatoms. The minimum absolute atomic E-state index is 0.0187. The second kappa shape index (κ2) is 8.07. The van der Waals surface area contributed by atoms with Gasteiger partial charge in [0.05, 0.1) is 12.0 Å². The molecule has 3 unspecified atom stereocenters. The van der Waals surface area contributed by atoms with Crippen LogP contribution < -0.4 is 5.32 Å². The van der Waals surface area contributed by atoms with Gasteiger partial charge in [-0.2, -0.15) is 0 Å². The molecule has 3 atom stereocenters. The van der Waals surface area contributed by atoms with Gasteiger partial charge in [0.25, 0.3) is 0 Å². The van der Waals surface area contributed by atoms with Gasteiger partial charge in [-0.15, -0.1) is 0 Å². The first kappa shape index (κ1) is 23.3. The summed E-state index contributed by atoms with van der Waals surface area (Å²) in [6.07, 6.45) is 0.936. The number of ether oxygens (including phenoxy) is 2. The van der Waals surface area contributed by atoms with E-state index in [9.17, 15) is 13.8 Å².